The van der Waals surface area contributed by atoms with Crippen molar-refractivity contribution in [1.82, 2.24) is 14.8 Å². The van der Waals surface area contributed by atoms with Gasteiger partial charge in [-0.05, 0) is 50.2 Å². The number of hydrogen-bond acceptors (Lipinski definition) is 7. The summed E-state index contributed by atoms with van der Waals surface area (Å²) in [5.74, 6) is 2.00. The third kappa shape index (κ3) is 5.85. The van der Waals surface area contributed by atoms with Crippen molar-refractivity contribution in [1.29, 1.82) is 0 Å². The Balaban J connectivity index is 1.57. The van der Waals surface area contributed by atoms with Crippen molar-refractivity contribution in [2.75, 3.05) is 18.2 Å². The Kier molecular flexibility index (Phi) is 7.30. The number of ether oxygens (including phenoxy) is 2. The van der Waals surface area contributed by atoms with Crippen molar-refractivity contribution in [2.24, 2.45) is 7.05 Å². The third-order valence-electron chi connectivity index (χ3n) is 4.49. The molecule has 1 heterocycles. The zero-order valence-corrected chi connectivity index (χ0v) is 18.6. The van der Waals surface area contributed by atoms with Crippen LogP contribution >= 0.6 is 11.8 Å². The molecule has 3 aromatic rings. The van der Waals surface area contributed by atoms with E-state index >= 15 is 0 Å². The number of carbonyl (C=O) groups is 2. The van der Waals surface area contributed by atoms with Crippen LogP contribution in [0.5, 0.6) is 11.5 Å². The minimum atomic E-state index is -0.330. The normalized spacial score (nSPS) is 11.6. The number of methoxy groups -OCH3 is 1. The van der Waals surface area contributed by atoms with E-state index in [1.165, 1.54) is 18.7 Å². The Bertz CT molecular complexity index is 1070. The third-order valence-corrected chi connectivity index (χ3v) is 5.51. The van der Waals surface area contributed by atoms with Crippen LogP contribution in [-0.4, -0.2) is 39.3 Å². The first-order valence-electron chi connectivity index (χ1n) is 9.61. The highest BCUT2D eigenvalue weighted by Gasteiger charge is 2.18. The van der Waals surface area contributed by atoms with Gasteiger partial charge in [0.1, 0.15) is 11.5 Å². The summed E-state index contributed by atoms with van der Waals surface area (Å²) < 4.78 is 12.9. The first-order valence-corrected chi connectivity index (χ1v) is 10.6. The summed E-state index contributed by atoms with van der Waals surface area (Å²) in [6.45, 7) is 3.37. The molecule has 31 heavy (non-hydrogen) atoms. The van der Waals surface area contributed by atoms with E-state index in [4.69, 9.17) is 9.47 Å². The highest BCUT2D eigenvalue weighted by molar-refractivity contribution is 7.99. The second kappa shape index (κ2) is 10.1. The van der Waals surface area contributed by atoms with Gasteiger partial charge < -0.3 is 19.4 Å². The molecule has 9 heteroatoms. The summed E-state index contributed by atoms with van der Waals surface area (Å²) in [7, 11) is 3.44. The van der Waals surface area contributed by atoms with Crippen molar-refractivity contribution in [3.8, 4) is 11.5 Å². The summed E-state index contributed by atoms with van der Waals surface area (Å²) >= 11 is 1.27. The second-order valence-electron chi connectivity index (χ2n) is 6.81. The molecule has 3 rings (SSSR count). The molecule has 0 aliphatic rings. The van der Waals surface area contributed by atoms with Crippen LogP contribution in [0.25, 0.3) is 0 Å². The zero-order chi connectivity index (χ0) is 22.4. The minimum absolute atomic E-state index is 0.0527. The molecule has 0 fully saturated rings. The number of anilines is 1. The Morgan fingerprint density at radius 3 is 2.52 bits per heavy atom. The van der Waals surface area contributed by atoms with E-state index in [1.54, 1.807) is 31.4 Å². The minimum Gasteiger partial charge on any atom is -0.497 e. The van der Waals surface area contributed by atoms with Gasteiger partial charge in [-0.15, -0.1) is 10.2 Å². The first kappa shape index (κ1) is 22.4. The highest BCUT2D eigenvalue weighted by Crippen LogP contribution is 2.25. The van der Waals surface area contributed by atoms with E-state index in [9.17, 15) is 9.59 Å². The fourth-order valence-electron chi connectivity index (χ4n) is 2.86. The fraction of sp³-hybridized carbons (Fsp3) is 0.273. The van der Waals surface area contributed by atoms with Crippen molar-refractivity contribution < 1.29 is 19.1 Å². The number of rotatable bonds is 9. The summed E-state index contributed by atoms with van der Waals surface area (Å²) in [4.78, 5) is 23.8. The summed E-state index contributed by atoms with van der Waals surface area (Å²) in [5.41, 5.74) is 1.13. The standard InChI is InChI=1S/C22H24N4O4S/c1-14(27)16-6-5-7-17(12-16)23-20(28)13-31-22-25-24-21(26(22)3)15(2)30-19-10-8-18(29-4)9-11-19/h5-12,15H,13H2,1-4H3,(H,23,28). The van der Waals surface area contributed by atoms with Crippen molar-refractivity contribution in [2.45, 2.75) is 25.1 Å². The van der Waals surface area contributed by atoms with Gasteiger partial charge in [0.25, 0.3) is 0 Å². The predicted molar refractivity (Wildman–Crippen MR) is 119 cm³/mol. The fourth-order valence-corrected chi connectivity index (χ4v) is 3.58. The van der Waals surface area contributed by atoms with Crippen molar-refractivity contribution in [3.05, 3.63) is 59.9 Å². The lowest BCUT2D eigenvalue weighted by molar-refractivity contribution is -0.113. The van der Waals surface area contributed by atoms with E-state index in [2.05, 4.69) is 15.5 Å². The number of hydrogen-bond donors (Lipinski definition) is 1. The Morgan fingerprint density at radius 1 is 1.13 bits per heavy atom. The summed E-state index contributed by atoms with van der Waals surface area (Å²) in [6, 6.07) is 14.1. The monoisotopic (exact) mass is 440 g/mol. The molecule has 0 saturated carbocycles. The van der Waals surface area contributed by atoms with Gasteiger partial charge in [-0.25, -0.2) is 0 Å². The molecule has 1 unspecified atom stereocenters. The molecule has 0 bridgehead atoms. The molecule has 1 N–H and O–H groups in total. The van der Waals surface area contributed by atoms with E-state index in [1.807, 2.05) is 42.8 Å². The topological polar surface area (TPSA) is 95.3 Å². The molecule has 0 aliphatic heterocycles. The van der Waals surface area contributed by atoms with Gasteiger partial charge in [0.2, 0.25) is 5.91 Å². The summed E-state index contributed by atoms with van der Waals surface area (Å²) in [5, 5.41) is 11.8. The van der Waals surface area contributed by atoms with E-state index in [0.717, 1.165) is 5.75 Å². The van der Waals surface area contributed by atoms with Gasteiger partial charge in [0.05, 0.1) is 12.9 Å². The second-order valence-corrected chi connectivity index (χ2v) is 7.75. The van der Waals surface area contributed by atoms with Crippen molar-refractivity contribution in [3.63, 3.8) is 0 Å². The molecule has 0 radical (unpaired) electrons. The van der Waals surface area contributed by atoms with Crippen LogP contribution in [0.4, 0.5) is 5.69 Å². The van der Waals surface area contributed by atoms with Crippen LogP contribution in [0.15, 0.2) is 53.7 Å². The van der Waals surface area contributed by atoms with Gasteiger partial charge in [0.15, 0.2) is 22.9 Å². The van der Waals surface area contributed by atoms with Crippen LogP contribution in [0.2, 0.25) is 0 Å². The molecule has 1 aromatic heterocycles. The van der Waals surface area contributed by atoms with E-state index < -0.39 is 0 Å². The SMILES string of the molecule is COc1ccc(OC(C)c2nnc(SCC(=O)Nc3cccc(C(C)=O)c3)n2C)cc1. The van der Waals surface area contributed by atoms with E-state index in [0.29, 0.717) is 28.0 Å². The lowest BCUT2D eigenvalue weighted by Crippen LogP contribution is -2.15. The molecule has 162 valence electrons. The van der Waals surface area contributed by atoms with Crippen LogP contribution in [0.3, 0.4) is 0 Å². The average molecular weight is 441 g/mol. The van der Waals surface area contributed by atoms with Crippen LogP contribution in [0.1, 0.15) is 36.1 Å². The lowest BCUT2D eigenvalue weighted by atomic mass is 10.1. The molecular formula is C22H24N4O4S. The molecule has 2 aromatic carbocycles. The maximum absolute atomic E-state index is 12.3. The molecule has 8 nitrogen and oxygen atoms in total. The Hall–Kier alpha value is -3.33. The molecule has 0 spiro atoms. The van der Waals surface area contributed by atoms with Gasteiger partial charge in [-0.3, -0.25) is 9.59 Å². The molecule has 1 amide bonds. The first-order chi connectivity index (χ1) is 14.9. The smallest absolute Gasteiger partial charge is 0.234 e. The number of thioether (sulfide) groups is 1. The number of benzene rings is 2. The number of aromatic nitrogens is 3. The number of carbonyl (C=O) groups excluding carboxylic acids is 2. The van der Waals surface area contributed by atoms with Gasteiger partial charge in [-0.1, -0.05) is 23.9 Å². The predicted octanol–water partition coefficient (Wildman–Crippen LogP) is 3.90. The quantitative estimate of drug-likeness (QED) is 0.398. The highest BCUT2D eigenvalue weighted by atomic mass is 32.2. The number of amides is 1. The lowest BCUT2D eigenvalue weighted by Gasteiger charge is -2.14. The largest absolute Gasteiger partial charge is 0.497 e. The van der Waals surface area contributed by atoms with Crippen LogP contribution < -0.4 is 14.8 Å². The number of nitrogens with zero attached hydrogens (tertiary/aromatic N) is 3. The Labute approximate surface area is 185 Å². The molecule has 0 aliphatic carbocycles. The maximum Gasteiger partial charge on any atom is 0.234 e. The maximum atomic E-state index is 12.3. The van der Waals surface area contributed by atoms with Gasteiger partial charge in [-0.2, -0.15) is 0 Å². The van der Waals surface area contributed by atoms with Crippen LogP contribution in [0, 0.1) is 0 Å². The number of ketones is 1. The van der Waals surface area contributed by atoms with E-state index in [-0.39, 0.29) is 23.5 Å². The van der Waals surface area contributed by atoms with Crippen molar-refractivity contribution >= 4 is 29.1 Å². The molecule has 0 saturated heterocycles. The molecular weight excluding hydrogens is 416 g/mol. The van der Waals surface area contributed by atoms with Crippen LogP contribution in [-0.2, 0) is 11.8 Å². The Morgan fingerprint density at radius 2 is 1.84 bits per heavy atom. The molecule has 1 atom stereocenters. The zero-order valence-electron chi connectivity index (χ0n) is 17.8. The summed E-state index contributed by atoms with van der Waals surface area (Å²) in [6.07, 6.45) is -0.330. The number of Topliss-reactive ketones (excluding diaryl/α,β-unsaturated/α-hetero) is 1. The average Bonchev–Trinajstić information content (AvgIpc) is 3.13. The number of nitrogens with one attached hydrogen (secondary N) is 1. The van der Waals surface area contributed by atoms with Gasteiger partial charge in [0, 0.05) is 18.3 Å². The van der Waals surface area contributed by atoms with Gasteiger partial charge >= 0.3 is 0 Å².